The number of hydrogen-bond acceptors (Lipinski definition) is 3. The van der Waals surface area contributed by atoms with Crippen LogP contribution in [0.5, 0.6) is 0 Å². The largest absolute Gasteiger partial charge is 0.389 e. The van der Waals surface area contributed by atoms with E-state index in [2.05, 4.69) is 6.92 Å². The van der Waals surface area contributed by atoms with Crippen LogP contribution in [-0.4, -0.2) is 30.3 Å². The molecular formula is C15H22N2O2S2. The molecule has 116 valence electrons. The molecule has 0 amide bonds. The van der Waals surface area contributed by atoms with Crippen molar-refractivity contribution in [1.82, 2.24) is 4.31 Å². The molecule has 1 aliphatic rings. The summed E-state index contributed by atoms with van der Waals surface area (Å²) in [5.41, 5.74) is 6.24. The van der Waals surface area contributed by atoms with E-state index in [0.717, 1.165) is 32.1 Å². The normalized spacial score (nSPS) is 20.3. The van der Waals surface area contributed by atoms with Gasteiger partial charge in [0, 0.05) is 18.2 Å². The molecule has 0 spiro atoms. The molecule has 1 aromatic carbocycles. The van der Waals surface area contributed by atoms with Gasteiger partial charge in [0.2, 0.25) is 10.0 Å². The summed E-state index contributed by atoms with van der Waals surface area (Å²) in [4.78, 5) is 0.603. The van der Waals surface area contributed by atoms with Gasteiger partial charge in [-0.3, -0.25) is 0 Å². The number of thiocarbonyl (C=S) groups is 1. The quantitative estimate of drug-likeness (QED) is 0.845. The lowest BCUT2D eigenvalue weighted by Gasteiger charge is -2.34. The number of nitrogens with zero attached hydrogens (tertiary/aromatic N) is 1. The maximum atomic E-state index is 12.8. The number of rotatable bonds is 5. The second-order valence-corrected chi connectivity index (χ2v) is 7.77. The zero-order chi connectivity index (χ0) is 15.5. The summed E-state index contributed by atoms with van der Waals surface area (Å²) >= 11 is 4.90. The lowest BCUT2D eigenvalue weighted by Crippen LogP contribution is -2.43. The third-order valence-electron chi connectivity index (χ3n) is 3.94. The van der Waals surface area contributed by atoms with E-state index in [1.807, 2.05) is 0 Å². The first-order valence-electron chi connectivity index (χ1n) is 7.38. The zero-order valence-electron chi connectivity index (χ0n) is 12.3. The molecule has 0 aromatic heterocycles. The van der Waals surface area contributed by atoms with E-state index < -0.39 is 10.0 Å². The van der Waals surface area contributed by atoms with Crippen molar-refractivity contribution in [2.24, 2.45) is 5.73 Å². The molecule has 1 aromatic rings. The Kier molecular flexibility index (Phi) is 5.35. The first-order valence-corrected chi connectivity index (χ1v) is 9.23. The maximum absolute atomic E-state index is 12.8. The minimum Gasteiger partial charge on any atom is -0.389 e. The Morgan fingerprint density at radius 3 is 2.57 bits per heavy atom. The monoisotopic (exact) mass is 326 g/mol. The fourth-order valence-corrected chi connectivity index (χ4v) is 4.70. The fraction of sp³-hybridized carbons (Fsp3) is 0.533. The molecule has 0 saturated carbocycles. The van der Waals surface area contributed by atoms with Gasteiger partial charge < -0.3 is 5.73 Å². The third kappa shape index (κ3) is 3.62. The summed E-state index contributed by atoms with van der Waals surface area (Å²) in [6, 6.07) is 6.68. The molecule has 6 heteroatoms. The summed E-state index contributed by atoms with van der Waals surface area (Å²) in [6.45, 7) is 2.71. The average molecular weight is 326 g/mol. The number of nitrogens with two attached hydrogens (primary N) is 1. The van der Waals surface area contributed by atoms with Gasteiger partial charge in [-0.15, -0.1) is 0 Å². The SMILES string of the molecule is CCCC1CCCCN1S(=O)(=O)c1ccc(C(N)=S)cc1. The van der Waals surface area contributed by atoms with E-state index in [4.69, 9.17) is 18.0 Å². The lowest BCUT2D eigenvalue weighted by molar-refractivity contribution is 0.239. The molecule has 2 rings (SSSR count). The van der Waals surface area contributed by atoms with Crippen LogP contribution in [0, 0.1) is 0 Å². The highest BCUT2D eigenvalue weighted by molar-refractivity contribution is 7.89. The highest BCUT2D eigenvalue weighted by atomic mass is 32.2. The van der Waals surface area contributed by atoms with E-state index in [1.54, 1.807) is 28.6 Å². The van der Waals surface area contributed by atoms with Crippen molar-refractivity contribution >= 4 is 27.2 Å². The molecular weight excluding hydrogens is 304 g/mol. The smallest absolute Gasteiger partial charge is 0.243 e. The first-order chi connectivity index (χ1) is 9.96. The number of benzene rings is 1. The van der Waals surface area contributed by atoms with Crippen molar-refractivity contribution in [3.63, 3.8) is 0 Å². The van der Waals surface area contributed by atoms with Gasteiger partial charge in [-0.05, 0) is 31.4 Å². The molecule has 1 atom stereocenters. The van der Waals surface area contributed by atoms with Crippen LogP contribution in [0.2, 0.25) is 0 Å². The van der Waals surface area contributed by atoms with Gasteiger partial charge in [0.05, 0.1) is 4.90 Å². The van der Waals surface area contributed by atoms with Crippen LogP contribution in [-0.2, 0) is 10.0 Å². The summed E-state index contributed by atoms with van der Waals surface area (Å²) in [7, 11) is -3.43. The Morgan fingerprint density at radius 1 is 1.33 bits per heavy atom. The predicted octanol–water partition coefficient (Wildman–Crippen LogP) is 2.66. The van der Waals surface area contributed by atoms with Crippen molar-refractivity contribution in [3.8, 4) is 0 Å². The fourth-order valence-electron chi connectivity index (χ4n) is 2.84. The Bertz CT molecular complexity index is 595. The highest BCUT2D eigenvalue weighted by Gasteiger charge is 2.32. The molecule has 1 saturated heterocycles. The van der Waals surface area contributed by atoms with Gasteiger partial charge in [-0.25, -0.2) is 8.42 Å². The molecule has 1 aliphatic heterocycles. The van der Waals surface area contributed by atoms with Crippen molar-refractivity contribution < 1.29 is 8.42 Å². The van der Waals surface area contributed by atoms with Crippen molar-refractivity contribution in [3.05, 3.63) is 29.8 Å². The zero-order valence-corrected chi connectivity index (χ0v) is 13.9. The maximum Gasteiger partial charge on any atom is 0.243 e. The first kappa shape index (κ1) is 16.4. The Labute approximate surface area is 132 Å². The molecule has 1 unspecified atom stereocenters. The summed E-state index contributed by atoms with van der Waals surface area (Å²) in [5, 5.41) is 0. The van der Waals surface area contributed by atoms with E-state index in [0.29, 0.717) is 17.0 Å². The second-order valence-electron chi connectivity index (χ2n) is 5.44. The number of piperidine rings is 1. The summed E-state index contributed by atoms with van der Waals surface area (Å²) in [5.74, 6) is 0. The van der Waals surface area contributed by atoms with Crippen molar-refractivity contribution in [1.29, 1.82) is 0 Å². The number of sulfonamides is 1. The molecule has 1 fully saturated rings. The van der Waals surface area contributed by atoms with Gasteiger partial charge in [0.1, 0.15) is 4.99 Å². The van der Waals surface area contributed by atoms with Gasteiger partial charge >= 0.3 is 0 Å². The Hall–Kier alpha value is -0.980. The Balaban J connectivity index is 2.28. The second kappa shape index (κ2) is 6.85. The molecule has 0 aliphatic carbocycles. The van der Waals surface area contributed by atoms with Crippen molar-refractivity contribution in [2.45, 2.75) is 50.0 Å². The summed E-state index contributed by atoms with van der Waals surface area (Å²) < 4.78 is 27.3. The van der Waals surface area contributed by atoms with Gasteiger partial charge in [-0.2, -0.15) is 4.31 Å². The van der Waals surface area contributed by atoms with Gasteiger partial charge in [-0.1, -0.05) is 44.1 Å². The van der Waals surface area contributed by atoms with Crippen molar-refractivity contribution in [2.75, 3.05) is 6.54 Å². The molecule has 0 bridgehead atoms. The van der Waals surface area contributed by atoms with E-state index >= 15 is 0 Å². The predicted molar refractivity (Wildman–Crippen MR) is 88.8 cm³/mol. The van der Waals surface area contributed by atoms with Crippen LogP contribution in [0.3, 0.4) is 0 Å². The topological polar surface area (TPSA) is 63.4 Å². The standard InChI is InChI=1S/C15H22N2O2S2/c1-2-5-13-6-3-4-11-17(13)21(18,19)14-9-7-12(8-10-14)15(16)20/h7-10,13H,2-6,11H2,1H3,(H2,16,20). The molecule has 0 radical (unpaired) electrons. The van der Waals surface area contributed by atoms with Gasteiger partial charge in [0.25, 0.3) is 0 Å². The molecule has 1 heterocycles. The Morgan fingerprint density at radius 2 is 2.00 bits per heavy atom. The van der Waals surface area contributed by atoms with Crippen LogP contribution in [0.4, 0.5) is 0 Å². The van der Waals surface area contributed by atoms with Crippen LogP contribution in [0.25, 0.3) is 0 Å². The molecule has 4 nitrogen and oxygen atoms in total. The molecule has 2 N–H and O–H groups in total. The van der Waals surface area contributed by atoms with E-state index in [9.17, 15) is 8.42 Å². The van der Waals surface area contributed by atoms with Gasteiger partial charge in [0.15, 0.2) is 0 Å². The van der Waals surface area contributed by atoms with Crippen LogP contribution in [0.15, 0.2) is 29.2 Å². The van der Waals surface area contributed by atoms with Crippen LogP contribution >= 0.6 is 12.2 Å². The van der Waals surface area contributed by atoms with E-state index in [1.165, 1.54) is 0 Å². The average Bonchev–Trinajstić information content (AvgIpc) is 2.48. The minimum atomic E-state index is -3.43. The van der Waals surface area contributed by atoms with Crippen LogP contribution < -0.4 is 5.73 Å². The summed E-state index contributed by atoms with van der Waals surface area (Å²) in [6.07, 6.45) is 4.92. The lowest BCUT2D eigenvalue weighted by atomic mass is 10.0. The minimum absolute atomic E-state index is 0.129. The highest BCUT2D eigenvalue weighted by Crippen LogP contribution is 2.27. The molecule has 21 heavy (non-hydrogen) atoms. The van der Waals surface area contributed by atoms with E-state index in [-0.39, 0.29) is 11.0 Å². The number of hydrogen-bond donors (Lipinski definition) is 1. The third-order valence-corrected chi connectivity index (χ3v) is 6.14. The van der Waals surface area contributed by atoms with Crippen LogP contribution in [0.1, 0.15) is 44.6 Å².